The Kier molecular flexibility index (Phi) is 8.42. The van der Waals surface area contributed by atoms with Crippen LogP contribution in [-0.2, 0) is 27.5 Å². The SMILES string of the molecule is COc1cc(COc2ccc(Br)cc2C2C3=C(CC(C)(C)CC3=O)OC3=C2C(=O)CC(C)(C)C3)ccc1OCc1ccccc1. The number of Topliss-reactive ketones (excluding diaryl/α,β-unsaturated/α-hetero) is 2. The van der Waals surface area contributed by atoms with E-state index in [0.717, 1.165) is 21.2 Å². The minimum Gasteiger partial charge on any atom is -0.493 e. The number of hydrogen-bond acceptors (Lipinski definition) is 6. The molecule has 3 aromatic carbocycles. The van der Waals surface area contributed by atoms with Gasteiger partial charge >= 0.3 is 0 Å². The summed E-state index contributed by atoms with van der Waals surface area (Å²) in [7, 11) is 1.62. The minimum atomic E-state index is -0.549. The predicted molar refractivity (Wildman–Crippen MR) is 176 cm³/mol. The summed E-state index contributed by atoms with van der Waals surface area (Å²) in [6.45, 7) is 9.05. The molecule has 0 fully saturated rings. The number of rotatable bonds is 8. The van der Waals surface area contributed by atoms with Crippen LogP contribution in [0.15, 0.2) is 93.9 Å². The molecule has 7 heteroatoms. The number of ether oxygens (including phenoxy) is 4. The van der Waals surface area contributed by atoms with Crippen molar-refractivity contribution in [3.63, 3.8) is 0 Å². The third-order valence-electron chi connectivity index (χ3n) is 8.72. The summed E-state index contributed by atoms with van der Waals surface area (Å²) < 4.78 is 25.5. The maximum atomic E-state index is 13.8. The first-order valence-electron chi connectivity index (χ1n) is 15.4. The summed E-state index contributed by atoms with van der Waals surface area (Å²) in [6, 6.07) is 21.5. The van der Waals surface area contributed by atoms with Crippen molar-refractivity contribution in [2.45, 2.75) is 72.5 Å². The molecule has 0 saturated carbocycles. The predicted octanol–water partition coefficient (Wildman–Crippen LogP) is 9.02. The highest BCUT2D eigenvalue weighted by molar-refractivity contribution is 9.10. The van der Waals surface area contributed by atoms with E-state index in [4.69, 9.17) is 18.9 Å². The first-order valence-corrected chi connectivity index (χ1v) is 16.2. The lowest BCUT2D eigenvalue weighted by Crippen LogP contribution is -2.37. The van der Waals surface area contributed by atoms with Crippen LogP contribution in [0.4, 0.5) is 0 Å². The molecule has 0 atom stereocenters. The van der Waals surface area contributed by atoms with Crippen molar-refractivity contribution in [3.8, 4) is 17.2 Å². The van der Waals surface area contributed by atoms with E-state index in [1.807, 2.05) is 66.7 Å². The Bertz CT molecular complexity index is 1660. The molecule has 2 aliphatic carbocycles. The van der Waals surface area contributed by atoms with Crippen LogP contribution in [0.1, 0.15) is 76.0 Å². The van der Waals surface area contributed by atoms with Gasteiger partial charge in [-0.15, -0.1) is 0 Å². The molecule has 3 aromatic rings. The Balaban J connectivity index is 1.33. The average Bonchev–Trinajstić information content (AvgIpc) is 2.97. The average molecular weight is 672 g/mol. The van der Waals surface area contributed by atoms with Crippen LogP contribution in [0.2, 0.25) is 0 Å². The van der Waals surface area contributed by atoms with Crippen molar-refractivity contribution in [2.24, 2.45) is 10.8 Å². The van der Waals surface area contributed by atoms with Gasteiger partial charge in [0.1, 0.15) is 30.5 Å². The smallest absolute Gasteiger partial charge is 0.163 e. The Hall–Kier alpha value is -3.84. The lowest BCUT2D eigenvalue weighted by molar-refractivity contribution is -0.120. The van der Waals surface area contributed by atoms with Gasteiger partial charge in [0.15, 0.2) is 23.1 Å². The molecule has 6 rings (SSSR count). The molecule has 0 aromatic heterocycles. The van der Waals surface area contributed by atoms with Crippen LogP contribution in [-0.4, -0.2) is 18.7 Å². The molecule has 6 nitrogen and oxygen atoms in total. The minimum absolute atomic E-state index is 0.0252. The molecule has 0 saturated heterocycles. The largest absolute Gasteiger partial charge is 0.493 e. The zero-order valence-corrected chi connectivity index (χ0v) is 28.1. The number of benzene rings is 3. The van der Waals surface area contributed by atoms with Crippen LogP contribution >= 0.6 is 15.9 Å². The normalized spacial score (nSPS) is 19.1. The van der Waals surface area contributed by atoms with E-state index in [-0.39, 0.29) is 29.0 Å². The highest BCUT2D eigenvalue weighted by atomic mass is 79.9. The fourth-order valence-electron chi connectivity index (χ4n) is 6.68. The zero-order chi connectivity index (χ0) is 31.9. The second-order valence-electron chi connectivity index (χ2n) is 13.8. The molecule has 0 spiro atoms. The molecule has 0 radical (unpaired) electrons. The van der Waals surface area contributed by atoms with Crippen LogP contribution in [0.5, 0.6) is 17.2 Å². The molecule has 0 N–H and O–H groups in total. The van der Waals surface area contributed by atoms with E-state index in [9.17, 15) is 9.59 Å². The molecule has 1 heterocycles. The quantitative estimate of drug-likeness (QED) is 0.238. The second-order valence-corrected chi connectivity index (χ2v) is 14.7. The number of carbonyl (C=O) groups excluding carboxylic acids is 2. The number of ketones is 2. The van der Waals surface area contributed by atoms with Crippen LogP contribution in [0.25, 0.3) is 0 Å². The maximum absolute atomic E-state index is 13.8. The Morgan fingerprint density at radius 3 is 1.91 bits per heavy atom. The van der Waals surface area contributed by atoms with Crippen molar-refractivity contribution in [1.82, 2.24) is 0 Å². The van der Waals surface area contributed by atoms with Crippen molar-refractivity contribution in [3.05, 3.63) is 111 Å². The van der Waals surface area contributed by atoms with Gasteiger partial charge in [-0.25, -0.2) is 0 Å². The Labute approximate surface area is 273 Å². The van der Waals surface area contributed by atoms with Gasteiger partial charge in [0.05, 0.1) is 13.0 Å². The third-order valence-corrected chi connectivity index (χ3v) is 9.22. The molecule has 0 unspecified atom stereocenters. The number of carbonyl (C=O) groups is 2. The number of methoxy groups -OCH3 is 1. The fourth-order valence-corrected chi connectivity index (χ4v) is 7.06. The van der Waals surface area contributed by atoms with Crippen molar-refractivity contribution >= 4 is 27.5 Å². The van der Waals surface area contributed by atoms with Gasteiger partial charge in [-0.3, -0.25) is 9.59 Å². The molecule has 45 heavy (non-hydrogen) atoms. The molecule has 0 bridgehead atoms. The van der Waals surface area contributed by atoms with Crippen LogP contribution in [0.3, 0.4) is 0 Å². The summed E-state index contributed by atoms with van der Waals surface area (Å²) in [5.74, 6) is 2.75. The molecular weight excluding hydrogens is 632 g/mol. The molecule has 234 valence electrons. The van der Waals surface area contributed by atoms with Crippen molar-refractivity contribution in [2.75, 3.05) is 7.11 Å². The van der Waals surface area contributed by atoms with Gasteiger partial charge in [0.2, 0.25) is 0 Å². The monoisotopic (exact) mass is 670 g/mol. The Morgan fingerprint density at radius 2 is 1.29 bits per heavy atom. The number of halogens is 1. The van der Waals surface area contributed by atoms with Gasteiger partial charge in [0.25, 0.3) is 0 Å². The van der Waals surface area contributed by atoms with Crippen LogP contribution in [0, 0.1) is 10.8 Å². The summed E-state index contributed by atoms with van der Waals surface area (Å²) in [6.07, 6.45) is 2.07. The molecule has 3 aliphatic rings. The first-order chi connectivity index (χ1) is 21.4. The summed E-state index contributed by atoms with van der Waals surface area (Å²) in [5, 5.41) is 0. The van der Waals surface area contributed by atoms with Gasteiger partial charge in [-0.1, -0.05) is 80.0 Å². The fraction of sp³-hybridized carbons (Fsp3) is 0.368. The van der Waals surface area contributed by atoms with E-state index < -0.39 is 5.92 Å². The number of hydrogen-bond donors (Lipinski definition) is 0. The van der Waals surface area contributed by atoms with E-state index in [2.05, 4.69) is 43.6 Å². The maximum Gasteiger partial charge on any atom is 0.163 e. The third kappa shape index (κ3) is 6.60. The summed E-state index contributed by atoms with van der Waals surface area (Å²) >= 11 is 3.64. The standard InChI is InChI=1S/C38H39BrO6/c1-37(2)17-27(40)35-32(19-37)45-33-20-38(3,4)18-28(41)36(33)34(35)26-16-25(39)12-14-29(26)43-22-24-11-13-30(31(15-24)42-5)44-21-23-9-7-6-8-10-23/h6-16,34H,17-22H2,1-5H3. The molecular formula is C38H39BrO6. The highest BCUT2D eigenvalue weighted by Crippen LogP contribution is 2.54. The number of allylic oxidation sites excluding steroid dienone is 4. The molecule has 0 amide bonds. The zero-order valence-electron chi connectivity index (χ0n) is 26.5. The van der Waals surface area contributed by atoms with Gasteiger partial charge < -0.3 is 18.9 Å². The first kappa shape index (κ1) is 31.2. The summed E-state index contributed by atoms with van der Waals surface area (Å²) in [4.78, 5) is 27.6. The topological polar surface area (TPSA) is 71.1 Å². The Morgan fingerprint density at radius 1 is 0.711 bits per heavy atom. The second kappa shape index (κ2) is 12.2. The van der Waals surface area contributed by atoms with Crippen molar-refractivity contribution in [1.29, 1.82) is 0 Å². The van der Waals surface area contributed by atoms with E-state index in [0.29, 0.717) is 72.2 Å². The van der Waals surface area contributed by atoms with E-state index in [1.54, 1.807) is 7.11 Å². The summed E-state index contributed by atoms with van der Waals surface area (Å²) in [5.41, 5.74) is 3.48. The van der Waals surface area contributed by atoms with Gasteiger partial charge in [0, 0.05) is 46.9 Å². The highest BCUT2D eigenvalue weighted by Gasteiger charge is 2.48. The van der Waals surface area contributed by atoms with Gasteiger partial charge in [-0.2, -0.15) is 0 Å². The lowest BCUT2D eigenvalue weighted by atomic mass is 9.65. The molecule has 1 aliphatic heterocycles. The van der Waals surface area contributed by atoms with Crippen LogP contribution < -0.4 is 14.2 Å². The van der Waals surface area contributed by atoms with E-state index in [1.165, 1.54) is 0 Å². The van der Waals surface area contributed by atoms with Crippen molar-refractivity contribution < 1.29 is 28.5 Å². The van der Waals surface area contributed by atoms with Gasteiger partial charge in [-0.05, 0) is 52.3 Å². The van der Waals surface area contributed by atoms with E-state index >= 15 is 0 Å². The lowest BCUT2D eigenvalue weighted by Gasteiger charge is -2.43.